The topological polar surface area (TPSA) is 26.7 Å². The van der Waals surface area contributed by atoms with E-state index in [1.54, 1.807) is 0 Å². The second-order valence-electron chi connectivity index (χ2n) is 10.7. The Bertz CT molecular complexity index is 845. The summed E-state index contributed by atoms with van der Waals surface area (Å²) in [7, 11) is 0. The maximum atomic E-state index is 12.1. The number of aliphatic hydroxyl groups is 1. The van der Waals surface area contributed by atoms with E-state index in [9.17, 15) is 5.11 Å². The number of anilines is 1. The van der Waals surface area contributed by atoms with Crippen molar-refractivity contribution in [1.29, 1.82) is 0 Å². The van der Waals surface area contributed by atoms with Gasteiger partial charge >= 0.3 is 0 Å². The summed E-state index contributed by atoms with van der Waals surface area (Å²) in [5.74, 6) is 0.504. The molecular weight excluding hydrogens is 368 g/mol. The highest BCUT2D eigenvalue weighted by Gasteiger charge is 2.73. The van der Waals surface area contributed by atoms with Gasteiger partial charge in [0.05, 0.1) is 0 Å². The molecule has 2 fully saturated rings. The molecule has 162 valence electrons. The molecule has 1 N–H and O–H groups in total. The van der Waals surface area contributed by atoms with Gasteiger partial charge in [-0.1, -0.05) is 84.0 Å². The van der Waals surface area contributed by atoms with Crippen LogP contribution in [0.2, 0.25) is 0 Å². The zero-order valence-corrected chi connectivity index (χ0v) is 19.5. The average molecular weight is 407 g/mol. The molecule has 0 radical (unpaired) electrons. The van der Waals surface area contributed by atoms with Crippen LogP contribution in [0.3, 0.4) is 0 Å². The van der Waals surface area contributed by atoms with Crippen LogP contribution in [0.15, 0.2) is 54.6 Å². The van der Waals surface area contributed by atoms with Crippen molar-refractivity contribution in [3.05, 3.63) is 65.7 Å². The van der Waals surface area contributed by atoms with E-state index in [1.165, 1.54) is 11.3 Å². The Labute approximate surface area is 182 Å². The third-order valence-corrected chi connectivity index (χ3v) is 8.03. The summed E-state index contributed by atoms with van der Waals surface area (Å²) in [5.41, 5.74) is 2.42. The van der Waals surface area contributed by atoms with E-state index < -0.39 is 5.60 Å². The number of hydrogen-bond acceptors (Lipinski definition) is 3. The third kappa shape index (κ3) is 3.01. The molecule has 1 saturated heterocycles. The molecule has 1 heterocycles. The van der Waals surface area contributed by atoms with E-state index in [1.807, 2.05) is 0 Å². The molecule has 0 atom stereocenters. The van der Waals surface area contributed by atoms with Crippen molar-refractivity contribution in [2.75, 3.05) is 31.1 Å². The molecule has 3 heteroatoms. The van der Waals surface area contributed by atoms with Crippen molar-refractivity contribution in [3.8, 4) is 0 Å². The molecular formula is C27H38N2O. The first-order chi connectivity index (χ1) is 14.1. The lowest BCUT2D eigenvalue weighted by molar-refractivity contribution is -0.307. The summed E-state index contributed by atoms with van der Waals surface area (Å²) in [6, 6.07) is 19.7. The molecule has 0 aromatic heterocycles. The molecule has 1 saturated carbocycles. The van der Waals surface area contributed by atoms with Crippen LogP contribution in [-0.2, 0) is 5.60 Å². The number of nitrogens with zero attached hydrogens (tertiary/aromatic N) is 2. The fourth-order valence-corrected chi connectivity index (χ4v) is 6.69. The van der Waals surface area contributed by atoms with E-state index in [0.29, 0.717) is 12.0 Å². The van der Waals surface area contributed by atoms with Crippen LogP contribution in [0.1, 0.15) is 58.6 Å². The predicted molar refractivity (Wildman–Crippen MR) is 126 cm³/mol. The van der Waals surface area contributed by atoms with E-state index in [4.69, 9.17) is 0 Å². The minimum absolute atomic E-state index is 0.217. The predicted octanol–water partition coefficient (Wildman–Crippen LogP) is 5.25. The van der Waals surface area contributed by atoms with Crippen LogP contribution in [0.4, 0.5) is 5.69 Å². The zero-order chi connectivity index (χ0) is 21.7. The number of hydrogen-bond donors (Lipinski definition) is 1. The molecule has 2 aliphatic rings. The lowest BCUT2D eigenvalue weighted by atomic mass is 9.39. The molecule has 1 aliphatic heterocycles. The van der Waals surface area contributed by atoms with Crippen LogP contribution in [0, 0.1) is 10.8 Å². The van der Waals surface area contributed by atoms with Crippen molar-refractivity contribution in [2.24, 2.45) is 10.8 Å². The molecule has 2 aromatic carbocycles. The Balaban J connectivity index is 1.54. The number of rotatable bonds is 4. The van der Waals surface area contributed by atoms with Crippen LogP contribution >= 0.6 is 0 Å². The largest absolute Gasteiger partial charge is 0.384 e. The average Bonchev–Trinajstić information content (AvgIpc) is 2.73. The Morgan fingerprint density at radius 1 is 0.800 bits per heavy atom. The number of para-hydroxylation sites is 1. The van der Waals surface area contributed by atoms with Gasteiger partial charge in [0.25, 0.3) is 0 Å². The van der Waals surface area contributed by atoms with Gasteiger partial charge in [0.2, 0.25) is 0 Å². The molecule has 30 heavy (non-hydrogen) atoms. The zero-order valence-electron chi connectivity index (χ0n) is 19.5. The Morgan fingerprint density at radius 2 is 1.33 bits per heavy atom. The van der Waals surface area contributed by atoms with Crippen molar-refractivity contribution in [1.82, 2.24) is 4.90 Å². The smallest absolute Gasteiger partial charge is 0.103 e. The highest BCUT2D eigenvalue weighted by molar-refractivity contribution is 5.46. The van der Waals surface area contributed by atoms with Gasteiger partial charge in [-0.15, -0.1) is 0 Å². The van der Waals surface area contributed by atoms with E-state index in [-0.39, 0.29) is 10.8 Å². The first-order valence-corrected chi connectivity index (χ1v) is 11.5. The molecule has 0 unspecified atom stereocenters. The molecule has 1 aliphatic carbocycles. The second kappa shape index (κ2) is 7.39. The molecule has 0 bridgehead atoms. The van der Waals surface area contributed by atoms with Crippen LogP contribution in [-0.4, -0.2) is 42.2 Å². The fraction of sp³-hybridized carbons (Fsp3) is 0.556. The molecule has 0 spiro atoms. The van der Waals surface area contributed by atoms with Crippen molar-refractivity contribution < 1.29 is 5.11 Å². The molecule has 2 aromatic rings. The van der Waals surface area contributed by atoms with Gasteiger partial charge in [-0.3, -0.25) is 4.90 Å². The van der Waals surface area contributed by atoms with Crippen molar-refractivity contribution >= 4 is 5.69 Å². The highest BCUT2D eigenvalue weighted by atomic mass is 16.3. The minimum Gasteiger partial charge on any atom is -0.384 e. The van der Waals surface area contributed by atoms with E-state index in [2.05, 4.69) is 106 Å². The van der Waals surface area contributed by atoms with Crippen LogP contribution < -0.4 is 4.90 Å². The third-order valence-electron chi connectivity index (χ3n) is 8.03. The SMILES string of the molecule is CC(C)c1ccc([C@]2(O)C(C)(C)[C@@H](N3CCN(c4ccccc4)CC3)C2(C)C)cc1. The van der Waals surface area contributed by atoms with Crippen molar-refractivity contribution in [2.45, 2.75) is 59.1 Å². The summed E-state index contributed by atoms with van der Waals surface area (Å²) in [6.45, 7) is 17.6. The van der Waals surface area contributed by atoms with Gasteiger partial charge in [0, 0.05) is 48.7 Å². The molecule has 0 amide bonds. The summed E-state index contributed by atoms with van der Waals surface area (Å²) in [4.78, 5) is 5.10. The first-order valence-electron chi connectivity index (χ1n) is 11.5. The Hall–Kier alpha value is -1.84. The fourth-order valence-electron chi connectivity index (χ4n) is 6.69. The summed E-state index contributed by atoms with van der Waals surface area (Å²) >= 11 is 0. The minimum atomic E-state index is -0.837. The Morgan fingerprint density at radius 3 is 1.83 bits per heavy atom. The highest BCUT2D eigenvalue weighted by Crippen LogP contribution is 2.68. The monoisotopic (exact) mass is 406 g/mol. The van der Waals surface area contributed by atoms with Crippen molar-refractivity contribution in [3.63, 3.8) is 0 Å². The van der Waals surface area contributed by atoms with E-state index >= 15 is 0 Å². The van der Waals surface area contributed by atoms with E-state index in [0.717, 1.165) is 31.7 Å². The van der Waals surface area contributed by atoms with Gasteiger partial charge in [-0.25, -0.2) is 0 Å². The summed E-state index contributed by atoms with van der Waals surface area (Å²) in [5, 5.41) is 12.1. The first kappa shape index (κ1) is 21.4. The maximum Gasteiger partial charge on any atom is 0.103 e. The molecule has 3 nitrogen and oxygen atoms in total. The molecule has 4 rings (SSSR count). The Kier molecular flexibility index (Phi) is 5.27. The van der Waals surface area contributed by atoms with Gasteiger partial charge in [0.15, 0.2) is 0 Å². The van der Waals surface area contributed by atoms with Gasteiger partial charge in [-0.2, -0.15) is 0 Å². The standard InChI is InChI=1S/C27H38N2O/c1-20(2)21-12-14-22(15-13-21)27(30)25(3,4)24(26(27,5)6)29-18-16-28(17-19-29)23-10-8-7-9-11-23/h7-15,20,24,30H,16-19H2,1-6H3/t24-,27+. The van der Waals surface area contributed by atoms with Gasteiger partial charge in [-0.05, 0) is 29.2 Å². The second-order valence-corrected chi connectivity index (χ2v) is 10.7. The number of piperazine rings is 1. The normalized spacial score (nSPS) is 28.4. The summed E-state index contributed by atoms with van der Waals surface area (Å²) in [6.07, 6.45) is 0. The quantitative estimate of drug-likeness (QED) is 0.751. The number of benzene rings is 2. The summed E-state index contributed by atoms with van der Waals surface area (Å²) < 4.78 is 0. The van der Waals surface area contributed by atoms with Crippen LogP contribution in [0.25, 0.3) is 0 Å². The lowest BCUT2D eigenvalue weighted by Crippen LogP contribution is -2.79. The van der Waals surface area contributed by atoms with Gasteiger partial charge < -0.3 is 10.0 Å². The van der Waals surface area contributed by atoms with Crippen LogP contribution in [0.5, 0.6) is 0 Å². The van der Waals surface area contributed by atoms with Gasteiger partial charge in [0.1, 0.15) is 5.60 Å². The maximum absolute atomic E-state index is 12.1. The lowest BCUT2D eigenvalue weighted by Gasteiger charge is -2.72.